The number of aromatic nitrogens is 5. The molecule has 35 heavy (non-hydrogen) atoms. The summed E-state index contributed by atoms with van der Waals surface area (Å²) in [4.78, 5) is 14.0. The molecule has 4 aromatic heterocycles. The minimum atomic E-state index is -2.63. The second-order valence-corrected chi connectivity index (χ2v) is 9.84. The van der Waals surface area contributed by atoms with Crippen LogP contribution in [0.15, 0.2) is 65.4 Å². The highest BCUT2D eigenvalue weighted by Gasteiger charge is 2.19. The average Bonchev–Trinajstić information content (AvgIpc) is 3.45. The van der Waals surface area contributed by atoms with Gasteiger partial charge in [0.25, 0.3) is 6.43 Å². The van der Waals surface area contributed by atoms with Gasteiger partial charge in [-0.3, -0.25) is 0 Å². The Labute approximate surface area is 210 Å². The molecule has 6 aromatic rings. The first-order valence-electron chi connectivity index (χ1n) is 10.7. The van der Waals surface area contributed by atoms with Crippen molar-refractivity contribution in [1.82, 2.24) is 24.6 Å². The molecule has 0 saturated carbocycles. The molecule has 6 rings (SSSR count). The average molecular weight is 552 g/mol. The minimum absolute atomic E-state index is 0.233. The van der Waals surface area contributed by atoms with Crippen LogP contribution in [0.25, 0.3) is 37.5 Å². The fourth-order valence-corrected chi connectivity index (χ4v) is 5.53. The highest BCUT2D eigenvalue weighted by molar-refractivity contribution is 9.10. The number of pyridine rings is 1. The Kier molecular flexibility index (Phi) is 5.42. The highest BCUT2D eigenvalue weighted by atomic mass is 79.9. The van der Waals surface area contributed by atoms with Crippen LogP contribution in [0.4, 0.5) is 8.78 Å². The number of rotatable bonds is 5. The zero-order valence-corrected chi connectivity index (χ0v) is 20.6. The summed E-state index contributed by atoms with van der Waals surface area (Å²) in [6.07, 6.45) is -1.03. The molecule has 0 saturated heterocycles. The number of hydrogen-bond acceptors (Lipinski definition) is 6. The van der Waals surface area contributed by atoms with Gasteiger partial charge in [0.05, 0.1) is 9.99 Å². The summed E-state index contributed by atoms with van der Waals surface area (Å²) >= 11 is 4.79. The second-order valence-electron chi connectivity index (χ2n) is 7.99. The van der Waals surface area contributed by atoms with E-state index in [0.29, 0.717) is 34.0 Å². The summed E-state index contributed by atoms with van der Waals surface area (Å²) in [5.74, 6) is 1.33. The molecule has 2 aromatic carbocycles. The van der Waals surface area contributed by atoms with E-state index >= 15 is 0 Å². The summed E-state index contributed by atoms with van der Waals surface area (Å²) in [7, 11) is 0. The van der Waals surface area contributed by atoms with Gasteiger partial charge in [0.1, 0.15) is 33.9 Å². The van der Waals surface area contributed by atoms with Crippen LogP contribution in [-0.2, 0) is 6.61 Å². The van der Waals surface area contributed by atoms with Crippen LogP contribution in [0.2, 0.25) is 0 Å². The lowest BCUT2D eigenvalue weighted by molar-refractivity contribution is 0.146. The maximum absolute atomic E-state index is 13.2. The van der Waals surface area contributed by atoms with Crippen LogP contribution >= 0.6 is 27.3 Å². The van der Waals surface area contributed by atoms with Crippen molar-refractivity contribution in [2.45, 2.75) is 20.0 Å². The number of fused-ring (bicyclic) bond motifs is 5. The maximum Gasteiger partial charge on any atom is 0.280 e. The van der Waals surface area contributed by atoms with Crippen molar-refractivity contribution < 1.29 is 13.5 Å². The predicted octanol–water partition coefficient (Wildman–Crippen LogP) is 7.14. The van der Waals surface area contributed by atoms with Crippen LogP contribution in [0.5, 0.6) is 5.75 Å². The number of halogens is 3. The Morgan fingerprint density at radius 1 is 1.09 bits per heavy atom. The molecular formula is C25H16BrF2N5OS. The number of ether oxygens (including phenoxy) is 1. The van der Waals surface area contributed by atoms with Gasteiger partial charge in [-0.2, -0.15) is 0 Å². The molecule has 174 valence electrons. The Morgan fingerprint density at radius 3 is 2.66 bits per heavy atom. The SMILES string of the molecule is Cc1cc(C(F)F)nc2sc3c(ncn4nc(-c5ccc(COc6ccccc6Br)cc5)nc34)c12. The summed E-state index contributed by atoms with van der Waals surface area (Å²) in [6.45, 7) is 2.23. The van der Waals surface area contributed by atoms with Crippen molar-refractivity contribution in [2.24, 2.45) is 0 Å². The van der Waals surface area contributed by atoms with Gasteiger partial charge in [-0.1, -0.05) is 36.4 Å². The lowest BCUT2D eigenvalue weighted by Crippen LogP contribution is -1.96. The van der Waals surface area contributed by atoms with E-state index in [4.69, 9.17) is 9.72 Å². The van der Waals surface area contributed by atoms with E-state index in [1.807, 2.05) is 48.5 Å². The molecule has 4 heterocycles. The molecular weight excluding hydrogens is 536 g/mol. The molecule has 0 spiro atoms. The van der Waals surface area contributed by atoms with E-state index in [1.165, 1.54) is 17.4 Å². The van der Waals surface area contributed by atoms with Crippen LogP contribution < -0.4 is 4.74 Å². The number of thiophene rings is 1. The Morgan fingerprint density at radius 2 is 1.89 bits per heavy atom. The number of nitrogens with zero attached hydrogens (tertiary/aromatic N) is 5. The highest BCUT2D eigenvalue weighted by Crippen LogP contribution is 2.37. The van der Waals surface area contributed by atoms with Crippen LogP contribution in [0, 0.1) is 6.92 Å². The first kappa shape index (κ1) is 22.0. The molecule has 0 bridgehead atoms. The molecule has 10 heteroatoms. The molecule has 0 aliphatic heterocycles. The van der Waals surface area contributed by atoms with Gasteiger partial charge < -0.3 is 4.74 Å². The molecule has 0 unspecified atom stereocenters. The minimum Gasteiger partial charge on any atom is -0.488 e. The molecule has 0 amide bonds. The van der Waals surface area contributed by atoms with Crippen molar-refractivity contribution in [3.63, 3.8) is 0 Å². The molecule has 0 aliphatic rings. The zero-order valence-electron chi connectivity index (χ0n) is 18.2. The molecule has 0 atom stereocenters. The fourth-order valence-electron chi connectivity index (χ4n) is 3.94. The molecule has 0 radical (unpaired) electrons. The Hall–Kier alpha value is -3.50. The number of benzene rings is 2. The Balaban J connectivity index is 1.34. The smallest absolute Gasteiger partial charge is 0.280 e. The number of aryl methyl sites for hydroxylation is 1. The van der Waals surface area contributed by atoms with Crippen LogP contribution in [-0.4, -0.2) is 24.6 Å². The van der Waals surface area contributed by atoms with Crippen molar-refractivity contribution in [3.8, 4) is 17.1 Å². The summed E-state index contributed by atoms with van der Waals surface area (Å²) in [6, 6.07) is 17.0. The van der Waals surface area contributed by atoms with Gasteiger partial charge in [-0.25, -0.2) is 28.2 Å². The third-order valence-corrected chi connectivity index (χ3v) is 7.38. The van der Waals surface area contributed by atoms with E-state index in [1.54, 1.807) is 17.8 Å². The largest absolute Gasteiger partial charge is 0.488 e. The maximum atomic E-state index is 13.2. The third-order valence-electron chi connectivity index (χ3n) is 5.65. The van der Waals surface area contributed by atoms with Crippen molar-refractivity contribution in [1.29, 1.82) is 0 Å². The van der Waals surface area contributed by atoms with E-state index in [-0.39, 0.29) is 5.69 Å². The number of para-hydroxylation sites is 1. The number of alkyl halides is 2. The van der Waals surface area contributed by atoms with E-state index < -0.39 is 6.43 Å². The molecule has 0 fully saturated rings. The topological polar surface area (TPSA) is 65.2 Å². The second kappa shape index (κ2) is 8.62. The molecule has 6 nitrogen and oxygen atoms in total. The van der Waals surface area contributed by atoms with Gasteiger partial charge >= 0.3 is 0 Å². The van der Waals surface area contributed by atoms with E-state index in [0.717, 1.165) is 31.4 Å². The fraction of sp³-hybridized carbons (Fsp3) is 0.120. The van der Waals surface area contributed by atoms with Gasteiger partial charge in [0.15, 0.2) is 11.5 Å². The van der Waals surface area contributed by atoms with Crippen LogP contribution in [0.1, 0.15) is 23.2 Å². The number of hydrogen-bond donors (Lipinski definition) is 0. The Bertz CT molecular complexity index is 1720. The first-order valence-corrected chi connectivity index (χ1v) is 12.3. The standard InChI is InChI=1S/C25H16BrF2N5OS/c1-13-10-17(22(27)28)30-25-19(13)20-21(35-25)24-31-23(32-33(24)12-29-20)15-8-6-14(7-9-15)11-34-18-5-3-2-4-16(18)26/h2-10,12,22H,11H2,1H3. The van der Waals surface area contributed by atoms with Crippen molar-refractivity contribution in [2.75, 3.05) is 0 Å². The first-order chi connectivity index (χ1) is 17.0. The third kappa shape index (κ3) is 3.92. The van der Waals surface area contributed by atoms with E-state index in [2.05, 4.69) is 31.0 Å². The summed E-state index contributed by atoms with van der Waals surface area (Å²) in [5, 5.41) is 5.35. The van der Waals surface area contributed by atoms with Gasteiger partial charge in [-0.15, -0.1) is 16.4 Å². The van der Waals surface area contributed by atoms with Crippen molar-refractivity contribution in [3.05, 3.63) is 82.2 Å². The quantitative estimate of drug-likeness (QED) is 0.228. The van der Waals surface area contributed by atoms with Crippen molar-refractivity contribution >= 4 is 53.3 Å². The molecule has 0 aliphatic carbocycles. The molecule has 0 N–H and O–H groups in total. The summed E-state index contributed by atoms with van der Waals surface area (Å²) in [5.41, 5.74) is 3.66. The summed E-state index contributed by atoms with van der Waals surface area (Å²) < 4.78 is 35.7. The zero-order chi connectivity index (χ0) is 24.1. The van der Waals surface area contributed by atoms with Gasteiger partial charge in [-0.05, 0) is 52.2 Å². The van der Waals surface area contributed by atoms with E-state index in [9.17, 15) is 8.78 Å². The van der Waals surface area contributed by atoms with Gasteiger partial charge in [0.2, 0.25) is 0 Å². The van der Waals surface area contributed by atoms with Crippen LogP contribution in [0.3, 0.4) is 0 Å². The van der Waals surface area contributed by atoms with Gasteiger partial charge in [0, 0.05) is 10.9 Å². The normalized spacial score (nSPS) is 11.8. The lowest BCUT2D eigenvalue weighted by Gasteiger charge is -2.08. The lowest BCUT2D eigenvalue weighted by atomic mass is 10.1. The monoisotopic (exact) mass is 551 g/mol. The predicted molar refractivity (Wildman–Crippen MR) is 135 cm³/mol.